The summed E-state index contributed by atoms with van der Waals surface area (Å²) in [6.07, 6.45) is 1.46. The van der Waals surface area contributed by atoms with Crippen molar-refractivity contribution < 1.29 is 33.8 Å². The highest BCUT2D eigenvalue weighted by Gasteiger charge is 2.43. The number of rotatable bonds is 19. The second-order valence-corrected chi connectivity index (χ2v) is 12.6. The van der Waals surface area contributed by atoms with E-state index in [0.29, 0.717) is 35.9 Å². The van der Waals surface area contributed by atoms with E-state index in [1.54, 1.807) is 18.7 Å². The molecule has 0 unspecified atom stereocenters. The lowest BCUT2D eigenvalue weighted by atomic mass is 9.88. The predicted molar refractivity (Wildman–Crippen MR) is 166 cm³/mol. The zero-order valence-corrected chi connectivity index (χ0v) is 26.4. The van der Waals surface area contributed by atoms with Crippen molar-refractivity contribution in [2.75, 3.05) is 31.3 Å². The Morgan fingerprint density at radius 3 is 2.16 bits per heavy atom. The van der Waals surface area contributed by atoms with Crippen LogP contribution in [0.15, 0.2) is 18.2 Å². The predicted octanol–water partition coefficient (Wildman–Crippen LogP) is -0.0278. The summed E-state index contributed by atoms with van der Waals surface area (Å²) in [7, 11) is 0. The fourth-order valence-corrected chi connectivity index (χ4v) is 6.02. The average molecular weight is 641 g/mol. The average Bonchev–Trinajstić information content (AvgIpc) is 2.98. The summed E-state index contributed by atoms with van der Waals surface area (Å²) in [6.45, 7) is 3.37. The quantitative estimate of drug-likeness (QED) is 0.111. The van der Waals surface area contributed by atoms with Gasteiger partial charge in [0.1, 0.15) is 17.6 Å². The number of primary amides is 2. The third kappa shape index (κ3) is 12.3. The number of nitrogens with one attached hydrogen (secondary N) is 3. The molecule has 5 amide bonds. The highest BCUT2D eigenvalue weighted by Crippen LogP contribution is 2.22. The second-order valence-electron chi connectivity index (χ2n) is 10.4. The number of aliphatic hydroxyl groups is 1. The maximum absolute atomic E-state index is 13.4. The van der Waals surface area contributed by atoms with Gasteiger partial charge in [-0.1, -0.05) is 26.3 Å². The van der Waals surface area contributed by atoms with Gasteiger partial charge in [-0.15, -0.1) is 0 Å². The molecule has 15 heteroatoms. The van der Waals surface area contributed by atoms with Gasteiger partial charge in [-0.05, 0) is 18.1 Å². The molecule has 2 heterocycles. The van der Waals surface area contributed by atoms with Crippen LogP contribution in [0.4, 0.5) is 0 Å². The van der Waals surface area contributed by atoms with E-state index in [2.05, 4.69) is 20.9 Å². The SMILES string of the molecule is CC[C@H](C)[C@H](NC(=O)[C@H](CO)NC(=O)C1(NC(=O)CCSCc2cccc(CSCCC(N)=O)n2)CCOCC1)C(N)=O. The van der Waals surface area contributed by atoms with Crippen molar-refractivity contribution >= 4 is 53.1 Å². The van der Waals surface area contributed by atoms with Crippen LogP contribution in [0.1, 0.15) is 57.3 Å². The number of nitrogens with two attached hydrogens (primary N) is 2. The zero-order chi connectivity index (χ0) is 31.8. The number of hydrogen-bond donors (Lipinski definition) is 6. The Labute approximate surface area is 260 Å². The zero-order valence-electron chi connectivity index (χ0n) is 24.8. The molecular weight excluding hydrogens is 596 g/mol. The largest absolute Gasteiger partial charge is 0.394 e. The fourth-order valence-electron chi connectivity index (χ4n) is 4.31. The van der Waals surface area contributed by atoms with E-state index < -0.39 is 42.0 Å². The highest BCUT2D eigenvalue weighted by atomic mass is 32.2. The minimum Gasteiger partial charge on any atom is -0.394 e. The lowest BCUT2D eigenvalue weighted by Crippen LogP contribution is -2.65. The van der Waals surface area contributed by atoms with Gasteiger partial charge in [0.05, 0.1) is 18.0 Å². The third-order valence-corrected chi connectivity index (χ3v) is 9.10. The number of hydrogen-bond acceptors (Lipinski definition) is 10. The van der Waals surface area contributed by atoms with Gasteiger partial charge in [0.15, 0.2) is 0 Å². The first-order valence-corrected chi connectivity index (χ1v) is 16.6. The molecule has 3 atom stereocenters. The van der Waals surface area contributed by atoms with Crippen molar-refractivity contribution in [3.05, 3.63) is 29.6 Å². The molecule has 8 N–H and O–H groups in total. The minimum absolute atomic E-state index is 0.155. The van der Waals surface area contributed by atoms with E-state index in [9.17, 15) is 29.1 Å². The number of pyridine rings is 1. The van der Waals surface area contributed by atoms with Crippen LogP contribution < -0.4 is 27.4 Å². The summed E-state index contributed by atoms with van der Waals surface area (Å²) in [4.78, 5) is 66.5. The van der Waals surface area contributed by atoms with Crippen molar-refractivity contribution in [1.82, 2.24) is 20.9 Å². The van der Waals surface area contributed by atoms with E-state index >= 15 is 0 Å². The Hall–Kier alpha value is -2.88. The topological polar surface area (TPSA) is 216 Å². The van der Waals surface area contributed by atoms with E-state index in [1.165, 1.54) is 11.8 Å². The third-order valence-electron chi connectivity index (χ3n) is 7.11. The number of ether oxygens (including phenoxy) is 1. The number of thioether (sulfide) groups is 2. The Morgan fingerprint density at radius 2 is 1.63 bits per heavy atom. The fraction of sp³-hybridized carbons (Fsp3) is 0.643. The van der Waals surface area contributed by atoms with Gasteiger partial charge >= 0.3 is 0 Å². The Morgan fingerprint density at radius 1 is 1.02 bits per heavy atom. The van der Waals surface area contributed by atoms with Gasteiger partial charge < -0.3 is 37.3 Å². The van der Waals surface area contributed by atoms with Crippen molar-refractivity contribution in [2.45, 2.75) is 75.1 Å². The number of amides is 5. The lowest BCUT2D eigenvalue weighted by Gasteiger charge is -2.37. The summed E-state index contributed by atoms with van der Waals surface area (Å²) in [5.74, 6) is -0.562. The molecule has 13 nitrogen and oxygen atoms in total. The molecule has 1 aromatic rings. The summed E-state index contributed by atoms with van der Waals surface area (Å²) >= 11 is 3.12. The highest BCUT2D eigenvalue weighted by molar-refractivity contribution is 7.98. The molecular formula is C28H44N6O7S2. The number of carbonyl (C=O) groups excluding carboxylic acids is 5. The van der Waals surface area contributed by atoms with Crippen molar-refractivity contribution in [2.24, 2.45) is 17.4 Å². The standard InChI is InChI=1S/C28H44N6O7S2/c1-3-18(2)24(25(30)38)33-26(39)21(15-35)32-27(40)28(9-11-41-12-10-28)34-23(37)8-14-43-17-20-6-4-5-19(31-20)16-42-13-7-22(29)36/h4-6,18,21,24,35H,3,7-17H2,1-2H3,(H2,29,36)(H2,30,38)(H,32,40)(H,33,39)(H,34,37)/t18-,21-,24-/m0/s1. The Kier molecular flexibility index (Phi) is 15.8. The van der Waals surface area contributed by atoms with E-state index in [-0.39, 0.29) is 50.2 Å². The van der Waals surface area contributed by atoms with Crippen LogP contribution in [-0.4, -0.2) is 88.6 Å². The maximum atomic E-state index is 13.4. The van der Waals surface area contributed by atoms with Crippen LogP contribution in [0.3, 0.4) is 0 Å². The van der Waals surface area contributed by atoms with Gasteiger partial charge in [-0.2, -0.15) is 23.5 Å². The molecule has 1 aliphatic heterocycles. The van der Waals surface area contributed by atoms with Crippen molar-refractivity contribution in [3.8, 4) is 0 Å². The van der Waals surface area contributed by atoms with Crippen molar-refractivity contribution in [3.63, 3.8) is 0 Å². The maximum Gasteiger partial charge on any atom is 0.246 e. The number of carbonyl (C=O) groups is 5. The van der Waals surface area contributed by atoms with Crippen LogP contribution in [-0.2, 0) is 40.2 Å². The van der Waals surface area contributed by atoms with Crippen LogP contribution in [0.5, 0.6) is 0 Å². The Bertz CT molecular complexity index is 1100. The minimum atomic E-state index is -1.34. The molecule has 0 bridgehead atoms. The molecule has 240 valence electrons. The summed E-state index contributed by atoms with van der Waals surface area (Å²) < 4.78 is 5.41. The molecule has 2 rings (SSSR count). The first-order valence-electron chi connectivity index (χ1n) is 14.3. The molecule has 0 spiro atoms. The number of aliphatic hydroxyl groups excluding tert-OH is 1. The summed E-state index contributed by atoms with van der Waals surface area (Å²) in [6, 6.07) is 3.46. The molecule has 0 aromatic carbocycles. The first-order chi connectivity index (χ1) is 20.5. The molecule has 0 radical (unpaired) electrons. The molecule has 1 aromatic heterocycles. The smallest absolute Gasteiger partial charge is 0.246 e. The van der Waals surface area contributed by atoms with Gasteiger partial charge in [-0.3, -0.25) is 29.0 Å². The van der Waals surface area contributed by atoms with Gasteiger partial charge in [0, 0.05) is 61.9 Å². The lowest BCUT2D eigenvalue weighted by molar-refractivity contribution is -0.140. The summed E-state index contributed by atoms with van der Waals surface area (Å²) in [5, 5.41) is 17.8. The monoisotopic (exact) mass is 640 g/mol. The Balaban J connectivity index is 1.91. The van der Waals surface area contributed by atoms with Gasteiger partial charge in [0.25, 0.3) is 0 Å². The van der Waals surface area contributed by atoms with E-state index in [0.717, 1.165) is 11.4 Å². The molecule has 0 aliphatic carbocycles. The van der Waals surface area contributed by atoms with E-state index in [4.69, 9.17) is 16.2 Å². The van der Waals surface area contributed by atoms with Crippen molar-refractivity contribution in [1.29, 1.82) is 0 Å². The normalized spacial score (nSPS) is 16.3. The molecule has 1 fully saturated rings. The van der Waals surface area contributed by atoms with E-state index in [1.807, 2.05) is 25.1 Å². The first kappa shape index (κ1) is 36.3. The number of aromatic nitrogens is 1. The van der Waals surface area contributed by atoms with Gasteiger partial charge in [0.2, 0.25) is 29.5 Å². The molecule has 1 saturated heterocycles. The molecule has 0 saturated carbocycles. The second kappa shape index (κ2) is 18.7. The van der Waals surface area contributed by atoms with Crippen LogP contribution in [0, 0.1) is 5.92 Å². The molecule has 43 heavy (non-hydrogen) atoms. The van der Waals surface area contributed by atoms with Gasteiger partial charge in [-0.25, -0.2) is 0 Å². The van der Waals surface area contributed by atoms with Crippen LogP contribution in [0.2, 0.25) is 0 Å². The summed E-state index contributed by atoms with van der Waals surface area (Å²) in [5.41, 5.74) is 11.1. The van der Waals surface area contributed by atoms with Crippen LogP contribution >= 0.6 is 23.5 Å². The molecule has 1 aliphatic rings. The van der Waals surface area contributed by atoms with Crippen LogP contribution in [0.25, 0.3) is 0 Å². The number of nitrogens with zero attached hydrogens (tertiary/aromatic N) is 1.